The third kappa shape index (κ3) is 4.54. The molecule has 1 aromatic heterocycles. The van der Waals surface area contributed by atoms with E-state index in [9.17, 15) is 0 Å². The predicted molar refractivity (Wildman–Crippen MR) is 89.8 cm³/mol. The number of hydrogen-bond acceptors (Lipinski definition) is 4. The Balaban J connectivity index is 1.46. The lowest BCUT2D eigenvalue weighted by molar-refractivity contribution is 0.225. The van der Waals surface area contributed by atoms with Crippen LogP contribution in [-0.4, -0.2) is 59.4 Å². The predicted octanol–water partition coefficient (Wildman–Crippen LogP) is 1.68. The first-order chi connectivity index (χ1) is 10.8. The summed E-state index contributed by atoms with van der Waals surface area (Å²) in [5, 5.41) is 8.24. The molecule has 0 amide bonds. The Morgan fingerprint density at radius 1 is 1.14 bits per heavy atom. The van der Waals surface area contributed by atoms with Crippen molar-refractivity contribution in [3.8, 4) is 0 Å². The molecule has 124 valence electrons. The normalized spacial score (nSPS) is 20.6. The lowest BCUT2D eigenvalue weighted by Crippen LogP contribution is -2.33. The fourth-order valence-electron chi connectivity index (χ4n) is 3.53. The van der Waals surface area contributed by atoms with Crippen molar-refractivity contribution in [1.29, 1.82) is 0 Å². The highest BCUT2D eigenvalue weighted by Gasteiger charge is 2.13. The molecule has 5 nitrogen and oxygen atoms in total. The largest absolute Gasteiger partial charge is 0.311 e. The molecule has 1 aromatic rings. The SMILES string of the molecule is CN(CCN1CCCCCC1)Cc1cc2n(n1)CCCNC2. The van der Waals surface area contributed by atoms with Gasteiger partial charge in [-0.2, -0.15) is 5.10 Å². The van der Waals surface area contributed by atoms with E-state index in [-0.39, 0.29) is 0 Å². The number of hydrogen-bond donors (Lipinski definition) is 1. The second-order valence-electron chi connectivity index (χ2n) is 6.87. The van der Waals surface area contributed by atoms with Gasteiger partial charge in [-0.05, 0) is 52.0 Å². The Hall–Kier alpha value is -0.910. The Bertz CT molecular complexity index is 424. The van der Waals surface area contributed by atoms with Gasteiger partial charge < -0.3 is 10.2 Å². The molecule has 3 rings (SSSR count). The minimum absolute atomic E-state index is 0.963. The minimum atomic E-state index is 0.963. The second kappa shape index (κ2) is 8.09. The van der Waals surface area contributed by atoms with Gasteiger partial charge in [0, 0.05) is 32.7 Å². The molecule has 1 N–H and O–H groups in total. The highest BCUT2D eigenvalue weighted by molar-refractivity contribution is 5.11. The van der Waals surface area contributed by atoms with Gasteiger partial charge >= 0.3 is 0 Å². The number of nitrogens with zero attached hydrogens (tertiary/aromatic N) is 4. The molecule has 0 bridgehead atoms. The second-order valence-corrected chi connectivity index (χ2v) is 6.87. The van der Waals surface area contributed by atoms with Gasteiger partial charge in [0.05, 0.1) is 11.4 Å². The molecule has 0 saturated carbocycles. The van der Waals surface area contributed by atoms with Gasteiger partial charge in [0.15, 0.2) is 0 Å². The van der Waals surface area contributed by atoms with Crippen molar-refractivity contribution in [2.24, 2.45) is 0 Å². The maximum atomic E-state index is 4.78. The fraction of sp³-hybridized carbons (Fsp3) is 0.824. The maximum Gasteiger partial charge on any atom is 0.0768 e. The van der Waals surface area contributed by atoms with Crippen molar-refractivity contribution in [1.82, 2.24) is 24.9 Å². The van der Waals surface area contributed by atoms with E-state index in [0.29, 0.717) is 0 Å². The van der Waals surface area contributed by atoms with Crippen LogP contribution in [0.5, 0.6) is 0 Å². The third-order valence-corrected chi connectivity index (χ3v) is 4.87. The van der Waals surface area contributed by atoms with Crippen LogP contribution in [0.3, 0.4) is 0 Å². The van der Waals surface area contributed by atoms with E-state index in [1.165, 1.54) is 63.1 Å². The highest BCUT2D eigenvalue weighted by atomic mass is 15.3. The van der Waals surface area contributed by atoms with E-state index in [1.807, 2.05) is 0 Å². The number of aryl methyl sites for hydroxylation is 1. The summed E-state index contributed by atoms with van der Waals surface area (Å²) < 4.78 is 2.19. The molecule has 3 heterocycles. The van der Waals surface area contributed by atoms with Crippen LogP contribution >= 0.6 is 0 Å². The third-order valence-electron chi connectivity index (χ3n) is 4.87. The summed E-state index contributed by atoms with van der Waals surface area (Å²) in [4.78, 5) is 5.05. The molecule has 0 atom stereocenters. The molecule has 1 fully saturated rings. The van der Waals surface area contributed by atoms with E-state index in [2.05, 4.69) is 32.9 Å². The smallest absolute Gasteiger partial charge is 0.0768 e. The van der Waals surface area contributed by atoms with E-state index in [1.54, 1.807) is 0 Å². The van der Waals surface area contributed by atoms with Crippen molar-refractivity contribution < 1.29 is 0 Å². The van der Waals surface area contributed by atoms with Crippen LogP contribution < -0.4 is 5.32 Å². The summed E-state index contributed by atoms with van der Waals surface area (Å²) in [5.41, 5.74) is 2.56. The molecule has 0 aliphatic carbocycles. The van der Waals surface area contributed by atoms with Gasteiger partial charge in [-0.1, -0.05) is 12.8 Å². The van der Waals surface area contributed by atoms with Crippen LogP contribution in [0.2, 0.25) is 0 Å². The quantitative estimate of drug-likeness (QED) is 0.898. The zero-order chi connectivity index (χ0) is 15.2. The molecule has 0 unspecified atom stereocenters. The van der Waals surface area contributed by atoms with Gasteiger partial charge in [0.2, 0.25) is 0 Å². The van der Waals surface area contributed by atoms with Crippen molar-refractivity contribution in [2.45, 2.75) is 51.7 Å². The monoisotopic (exact) mass is 305 g/mol. The Morgan fingerprint density at radius 3 is 2.77 bits per heavy atom. The lowest BCUT2D eigenvalue weighted by Gasteiger charge is -2.23. The highest BCUT2D eigenvalue weighted by Crippen LogP contribution is 2.11. The fourth-order valence-corrected chi connectivity index (χ4v) is 3.53. The number of likely N-dealkylation sites (tertiary alicyclic amines) is 1. The Kier molecular flexibility index (Phi) is 5.87. The summed E-state index contributed by atoms with van der Waals surface area (Å²) in [7, 11) is 2.22. The zero-order valence-corrected chi connectivity index (χ0v) is 14.1. The van der Waals surface area contributed by atoms with Crippen molar-refractivity contribution in [3.05, 3.63) is 17.5 Å². The van der Waals surface area contributed by atoms with Crippen LogP contribution in [0.1, 0.15) is 43.5 Å². The van der Waals surface area contributed by atoms with Gasteiger partial charge in [0.25, 0.3) is 0 Å². The Labute approximate surface area is 134 Å². The molecule has 22 heavy (non-hydrogen) atoms. The number of rotatable bonds is 5. The van der Waals surface area contributed by atoms with Crippen LogP contribution in [0, 0.1) is 0 Å². The summed E-state index contributed by atoms with van der Waals surface area (Å²) in [5.74, 6) is 0. The molecule has 5 heteroatoms. The number of fused-ring (bicyclic) bond motifs is 1. The van der Waals surface area contributed by atoms with Crippen molar-refractivity contribution in [3.63, 3.8) is 0 Å². The molecule has 0 aromatic carbocycles. The van der Waals surface area contributed by atoms with Crippen LogP contribution in [0.15, 0.2) is 6.07 Å². The summed E-state index contributed by atoms with van der Waals surface area (Å²) in [6, 6.07) is 2.28. The van der Waals surface area contributed by atoms with Crippen LogP contribution in [-0.2, 0) is 19.6 Å². The van der Waals surface area contributed by atoms with E-state index in [0.717, 1.165) is 32.7 Å². The summed E-state index contributed by atoms with van der Waals surface area (Å²) >= 11 is 0. The van der Waals surface area contributed by atoms with Gasteiger partial charge in [0.1, 0.15) is 0 Å². The van der Waals surface area contributed by atoms with Crippen molar-refractivity contribution >= 4 is 0 Å². The van der Waals surface area contributed by atoms with E-state index in [4.69, 9.17) is 5.10 Å². The van der Waals surface area contributed by atoms with Gasteiger partial charge in [-0.3, -0.25) is 9.58 Å². The zero-order valence-electron chi connectivity index (χ0n) is 14.1. The molecule has 2 aliphatic heterocycles. The van der Waals surface area contributed by atoms with Gasteiger partial charge in [-0.15, -0.1) is 0 Å². The molecule has 2 aliphatic rings. The number of nitrogens with one attached hydrogen (secondary N) is 1. The Morgan fingerprint density at radius 2 is 1.95 bits per heavy atom. The molecule has 0 spiro atoms. The molecular weight excluding hydrogens is 274 g/mol. The van der Waals surface area contributed by atoms with Gasteiger partial charge in [-0.25, -0.2) is 0 Å². The van der Waals surface area contributed by atoms with Crippen LogP contribution in [0.25, 0.3) is 0 Å². The van der Waals surface area contributed by atoms with E-state index < -0.39 is 0 Å². The number of likely N-dealkylation sites (N-methyl/N-ethyl adjacent to an activating group) is 1. The first kappa shape index (κ1) is 16.0. The topological polar surface area (TPSA) is 36.3 Å². The first-order valence-corrected chi connectivity index (χ1v) is 8.98. The summed E-state index contributed by atoms with van der Waals surface area (Å²) in [6.45, 7) is 9.01. The first-order valence-electron chi connectivity index (χ1n) is 8.98. The molecule has 0 radical (unpaired) electrons. The maximum absolute atomic E-state index is 4.78. The van der Waals surface area contributed by atoms with E-state index >= 15 is 0 Å². The standard InChI is InChI=1S/C17H31N5/c1-20(11-12-21-8-4-2-3-5-9-21)15-16-13-17-14-18-7-6-10-22(17)19-16/h13,18H,2-12,14-15H2,1H3. The molecule has 1 saturated heterocycles. The minimum Gasteiger partial charge on any atom is -0.311 e. The van der Waals surface area contributed by atoms with Crippen molar-refractivity contribution in [2.75, 3.05) is 39.8 Å². The molecular formula is C17H31N5. The van der Waals surface area contributed by atoms with Crippen LogP contribution in [0.4, 0.5) is 0 Å². The average Bonchev–Trinajstić information content (AvgIpc) is 2.73. The lowest BCUT2D eigenvalue weighted by atomic mass is 10.2. The number of aromatic nitrogens is 2. The average molecular weight is 305 g/mol. The summed E-state index contributed by atoms with van der Waals surface area (Å²) in [6.07, 6.45) is 6.77.